The Balaban J connectivity index is 1.40. The van der Waals surface area contributed by atoms with Gasteiger partial charge in [0, 0.05) is 52.4 Å². The maximum atomic E-state index is 5.95. The highest BCUT2D eigenvalue weighted by Gasteiger charge is 2.39. The SMILES string of the molecule is CN=C(NC1CC1c1ccccc1)N1CCC(OCCCOC)CC1. The summed E-state index contributed by atoms with van der Waals surface area (Å²) in [4.78, 5) is 6.88. The van der Waals surface area contributed by atoms with Crippen molar-refractivity contribution < 1.29 is 9.47 Å². The van der Waals surface area contributed by atoms with Crippen molar-refractivity contribution in [3.63, 3.8) is 0 Å². The van der Waals surface area contributed by atoms with Crippen LogP contribution in [-0.2, 0) is 9.47 Å². The average Bonchev–Trinajstić information content (AvgIpc) is 3.44. The summed E-state index contributed by atoms with van der Waals surface area (Å²) < 4.78 is 11.0. The topological polar surface area (TPSA) is 46.1 Å². The quantitative estimate of drug-likeness (QED) is 0.469. The second-order valence-electron chi connectivity index (χ2n) is 6.95. The maximum Gasteiger partial charge on any atom is 0.193 e. The molecule has 1 saturated heterocycles. The minimum atomic E-state index is 0.379. The molecule has 1 aliphatic carbocycles. The molecule has 2 atom stereocenters. The van der Waals surface area contributed by atoms with Crippen molar-refractivity contribution in [3.8, 4) is 0 Å². The zero-order chi connectivity index (χ0) is 17.5. The van der Waals surface area contributed by atoms with E-state index in [0.717, 1.165) is 51.5 Å². The Morgan fingerprint density at radius 2 is 1.96 bits per heavy atom. The second kappa shape index (κ2) is 9.20. The van der Waals surface area contributed by atoms with E-state index in [2.05, 4.69) is 45.5 Å². The lowest BCUT2D eigenvalue weighted by Gasteiger charge is -2.34. The average molecular weight is 345 g/mol. The first-order chi connectivity index (χ1) is 12.3. The van der Waals surface area contributed by atoms with Crippen molar-refractivity contribution in [3.05, 3.63) is 35.9 Å². The molecule has 0 spiro atoms. The Morgan fingerprint density at radius 3 is 2.64 bits per heavy atom. The second-order valence-corrected chi connectivity index (χ2v) is 6.95. The number of piperidine rings is 1. The lowest BCUT2D eigenvalue weighted by Crippen LogP contribution is -2.47. The number of nitrogens with one attached hydrogen (secondary N) is 1. The standard InChI is InChI=1S/C20H31N3O2/c1-21-20(22-19-15-18(19)16-7-4-3-5-8-16)23-11-9-17(10-12-23)25-14-6-13-24-2/h3-5,7-8,17-19H,6,9-15H2,1-2H3,(H,21,22). The summed E-state index contributed by atoms with van der Waals surface area (Å²) in [5.74, 6) is 1.67. The zero-order valence-corrected chi connectivity index (χ0v) is 15.5. The maximum absolute atomic E-state index is 5.95. The Bertz CT molecular complexity index is 541. The summed E-state index contributed by atoms with van der Waals surface area (Å²) in [6.45, 7) is 3.60. The predicted octanol–water partition coefficient (Wildman–Crippen LogP) is 2.64. The highest BCUT2D eigenvalue weighted by molar-refractivity contribution is 5.80. The van der Waals surface area contributed by atoms with Gasteiger partial charge >= 0.3 is 0 Å². The third-order valence-electron chi connectivity index (χ3n) is 5.13. The van der Waals surface area contributed by atoms with Gasteiger partial charge in [-0.2, -0.15) is 0 Å². The van der Waals surface area contributed by atoms with Gasteiger partial charge in [0.2, 0.25) is 0 Å². The van der Waals surface area contributed by atoms with Crippen LogP contribution in [0.15, 0.2) is 35.3 Å². The molecule has 2 unspecified atom stereocenters. The van der Waals surface area contributed by atoms with Gasteiger partial charge in [-0.3, -0.25) is 4.99 Å². The molecular weight excluding hydrogens is 314 g/mol. The van der Waals surface area contributed by atoms with E-state index in [-0.39, 0.29) is 0 Å². The number of rotatable bonds is 7. The van der Waals surface area contributed by atoms with Crippen LogP contribution >= 0.6 is 0 Å². The molecule has 0 bridgehead atoms. The first-order valence-corrected chi connectivity index (χ1v) is 9.45. The van der Waals surface area contributed by atoms with Gasteiger partial charge in [0.15, 0.2) is 5.96 Å². The highest BCUT2D eigenvalue weighted by atomic mass is 16.5. The van der Waals surface area contributed by atoms with Crippen molar-refractivity contribution >= 4 is 5.96 Å². The number of guanidine groups is 1. The molecule has 1 N–H and O–H groups in total. The number of hydrogen-bond acceptors (Lipinski definition) is 3. The Labute approximate surface area is 151 Å². The number of nitrogens with zero attached hydrogens (tertiary/aromatic N) is 2. The minimum absolute atomic E-state index is 0.379. The van der Waals surface area contributed by atoms with Crippen LogP contribution in [0.25, 0.3) is 0 Å². The van der Waals surface area contributed by atoms with Crippen molar-refractivity contribution in [2.45, 2.75) is 43.7 Å². The van der Waals surface area contributed by atoms with E-state index in [9.17, 15) is 0 Å². The van der Waals surface area contributed by atoms with Crippen LogP contribution in [0.5, 0.6) is 0 Å². The van der Waals surface area contributed by atoms with Crippen LogP contribution in [-0.4, -0.2) is 63.5 Å². The van der Waals surface area contributed by atoms with E-state index in [1.165, 1.54) is 12.0 Å². The number of methoxy groups -OCH3 is 1. The first-order valence-electron chi connectivity index (χ1n) is 9.45. The molecule has 5 heteroatoms. The van der Waals surface area contributed by atoms with E-state index in [1.807, 2.05) is 7.05 Å². The monoisotopic (exact) mass is 345 g/mol. The molecule has 2 aliphatic rings. The van der Waals surface area contributed by atoms with Crippen LogP contribution in [0, 0.1) is 0 Å². The zero-order valence-electron chi connectivity index (χ0n) is 15.5. The molecule has 0 amide bonds. The van der Waals surface area contributed by atoms with Gasteiger partial charge in [-0.1, -0.05) is 30.3 Å². The molecule has 1 aliphatic heterocycles. The summed E-state index contributed by atoms with van der Waals surface area (Å²) in [5, 5.41) is 3.65. The lowest BCUT2D eigenvalue weighted by atomic mass is 10.1. The van der Waals surface area contributed by atoms with E-state index in [0.29, 0.717) is 18.1 Å². The molecular formula is C20H31N3O2. The third-order valence-corrected chi connectivity index (χ3v) is 5.13. The van der Waals surface area contributed by atoms with Gasteiger partial charge in [-0.05, 0) is 31.2 Å². The summed E-state index contributed by atoms with van der Waals surface area (Å²) >= 11 is 0. The van der Waals surface area contributed by atoms with E-state index < -0.39 is 0 Å². The van der Waals surface area contributed by atoms with Crippen LogP contribution in [0.4, 0.5) is 0 Å². The molecule has 5 nitrogen and oxygen atoms in total. The Kier molecular flexibility index (Phi) is 6.70. The number of hydrogen-bond donors (Lipinski definition) is 1. The van der Waals surface area contributed by atoms with Crippen molar-refractivity contribution in [2.24, 2.45) is 4.99 Å². The molecule has 25 heavy (non-hydrogen) atoms. The summed E-state index contributed by atoms with van der Waals surface area (Å²) in [6.07, 6.45) is 4.69. The van der Waals surface area contributed by atoms with Crippen LogP contribution < -0.4 is 5.32 Å². The number of ether oxygens (including phenoxy) is 2. The van der Waals surface area contributed by atoms with Crippen molar-refractivity contribution in [1.29, 1.82) is 0 Å². The van der Waals surface area contributed by atoms with Gasteiger partial charge in [-0.25, -0.2) is 0 Å². The Hall–Kier alpha value is -1.59. The molecule has 0 radical (unpaired) electrons. The van der Waals surface area contributed by atoms with Crippen molar-refractivity contribution in [1.82, 2.24) is 10.2 Å². The third kappa shape index (κ3) is 5.19. The van der Waals surface area contributed by atoms with Gasteiger partial charge in [0.25, 0.3) is 0 Å². The molecule has 1 aromatic carbocycles. The van der Waals surface area contributed by atoms with Gasteiger partial charge < -0.3 is 19.7 Å². The largest absolute Gasteiger partial charge is 0.385 e. The smallest absolute Gasteiger partial charge is 0.193 e. The minimum Gasteiger partial charge on any atom is -0.385 e. The van der Waals surface area contributed by atoms with E-state index in [1.54, 1.807) is 7.11 Å². The normalized spacial score (nSPS) is 24.4. The van der Waals surface area contributed by atoms with E-state index in [4.69, 9.17) is 9.47 Å². The molecule has 138 valence electrons. The van der Waals surface area contributed by atoms with Gasteiger partial charge in [0.05, 0.1) is 6.10 Å². The summed E-state index contributed by atoms with van der Waals surface area (Å²) in [7, 11) is 3.62. The van der Waals surface area contributed by atoms with Crippen LogP contribution in [0.1, 0.15) is 37.2 Å². The molecule has 3 rings (SSSR count). The fourth-order valence-corrected chi connectivity index (χ4v) is 3.57. The van der Waals surface area contributed by atoms with Gasteiger partial charge in [-0.15, -0.1) is 0 Å². The number of aliphatic imine (C=N–C) groups is 1. The Morgan fingerprint density at radius 1 is 1.20 bits per heavy atom. The van der Waals surface area contributed by atoms with Gasteiger partial charge in [0.1, 0.15) is 0 Å². The highest BCUT2D eigenvalue weighted by Crippen LogP contribution is 2.40. The fourth-order valence-electron chi connectivity index (χ4n) is 3.57. The first kappa shape index (κ1) is 18.2. The molecule has 1 heterocycles. The molecule has 0 aromatic heterocycles. The number of benzene rings is 1. The molecule has 1 saturated carbocycles. The predicted molar refractivity (Wildman–Crippen MR) is 101 cm³/mol. The van der Waals surface area contributed by atoms with Crippen LogP contribution in [0.3, 0.4) is 0 Å². The summed E-state index contributed by atoms with van der Waals surface area (Å²) in [6, 6.07) is 11.3. The molecule has 1 aromatic rings. The van der Waals surface area contributed by atoms with E-state index >= 15 is 0 Å². The molecule has 2 fully saturated rings. The fraction of sp³-hybridized carbons (Fsp3) is 0.650. The van der Waals surface area contributed by atoms with Crippen molar-refractivity contribution in [2.75, 3.05) is 40.5 Å². The van der Waals surface area contributed by atoms with Crippen LogP contribution in [0.2, 0.25) is 0 Å². The number of likely N-dealkylation sites (tertiary alicyclic amines) is 1. The summed E-state index contributed by atoms with van der Waals surface area (Å²) in [5.41, 5.74) is 1.43. The lowest BCUT2D eigenvalue weighted by molar-refractivity contribution is 0.00989.